The van der Waals surface area contributed by atoms with Crippen LogP contribution < -0.4 is 29.8 Å². The van der Waals surface area contributed by atoms with E-state index < -0.39 is 0 Å². The van der Waals surface area contributed by atoms with Gasteiger partial charge in [0, 0.05) is 0 Å². The van der Waals surface area contributed by atoms with E-state index in [1.807, 2.05) is 30.3 Å². The first kappa shape index (κ1) is 15.2. The van der Waals surface area contributed by atoms with Gasteiger partial charge in [-0.3, -0.25) is 0 Å². The van der Waals surface area contributed by atoms with Crippen molar-refractivity contribution in [1.82, 2.24) is 0 Å². The zero-order chi connectivity index (χ0) is 17.4. The van der Waals surface area contributed by atoms with Crippen molar-refractivity contribution in [2.24, 2.45) is 0 Å². The molecule has 0 radical (unpaired) electrons. The number of fused-ring (bicyclic) bond motifs is 1. The standard InChI is InChI=1S/C18H16N2O5/c1-21-14-4-3-10(5-13(14)19)12-8-25-20-17(12)11-6-15(22-2)18-16(7-11)23-9-24-18/h3-8H,9,19H2,1-2H3/p+1. The first-order valence-corrected chi connectivity index (χ1v) is 7.62. The van der Waals surface area contributed by atoms with Crippen molar-refractivity contribution in [3.05, 3.63) is 36.6 Å². The van der Waals surface area contributed by atoms with Gasteiger partial charge in [-0.25, -0.2) is 4.52 Å². The molecule has 25 heavy (non-hydrogen) atoms. The van der Waals surface area contributed by atoms with Crippen LogP contribution in [0.2, 0.25) is 0 Å². The predicted octanol–water partition coefficient (Wildman–Crippen LogP) is 2.76. The second kappa shape index (κ2) is 5.94. The van der Waals surface area contributed by atoms with E-state index in [4.69, 9.17) is 29.2 Å². The molecule has 2 heterocycles. The van der Waals surface area contributed by atoms with Crippen LogP contribution in [0.15, 0.2) is 41.1 Å². The van der Waals surface area contributed by atoms with Crippen molar-refractivity contribution in [3.63, 3.8) is 0 Å². The van der Waals surface area contributed by atoms with Crippen molar-refractivity contribution >= 4 is 5.69 Å². The Morgan fingerprint density at radius 3 is 2.60 bits per heavy atom. The van der Waals surface area contributed by atoms with Gasteiger partial charge in [0.15, 0.2) is 17.8 Å². The molecule has 7 heteroatoms. The number of rotatable bonds is 4. The second-order valence-corrected chi connectivity index (χ2v) is 5.50. The zero-order valence-electron chi connectivity index (χ0n) is 13.8. The van der Waals surface area contributed by atoms with Gasteiger partial charge < -0.3 is 24.7 Å². The van der Waals surface area contributed by atoms with Crippen molar-refractivity contribution < 1.29 is 28.6 Å². The summed E-state index contributed by atoms with van der Waals surface area (Å²) in [5, 5.41) is 2.91. The smallest absolute Gasteiger partial charge is 0.267 e. The van der Waals surface area contributed by atoms with Gasteiger partial charge >= 0.3 is 0 Å². The normalized spacial score (nSPS) is 12.2. The van der Waals surface area contributed by atoms with Gasteiger partial charge in [-0.1, -0.05) is 6.07 Å². The monoisotopic (exact) mass is 341 g/mol. The molecule has 0 atom stereocenters. The van der Waals surface area contributed by atoms with Gasteiger partial charge in [-0.15, -0.1) is 0 Å². The third-order valence-corrected chi connectivity index (χ3v) is 4.09. The summed E-state index contributed by atoms with van der Waals surface area (Å²) in [5.41, 5.74) is 9.96. The van der Waals surface area contributed by atoms with Crippen LogP contribution in [0.5, 0.6) is 23.0 Å². The Balaban J connectivity index is 1.82. The highest BCUT2D eigenvalue weighted by Gasteiger charge is 2.26. The van der Waals surface area contributed by atoms with E-state index >= 15 is 0 Å². The van der Waals surface area contributed by atoms with Gasteiger partial charge in [0.05, 0.1) is 25.5 Å². The average molecular weight is 341 g/mol. The summed E-state index contributed by atoms with van der Waals surface area (Å²) >= 11 is 0. The van der Waals surface area contributed by atoms with E-state index in [1.165, 1.54) is 0 Å². The minimum atomic E-state index is 0.173. The lowest BCUT2D eigenvalue weighted by Gasteiger charge is -2.07. The summed E-state index contributed by atoms with van der Waals surface area (Å²) in [7, 11) is 3.17. The molecular formula is C18H17N2O5+. The molecule has 0 bridgehead atoms. The molecule has 1 aliphatic rings. The number of anilines is 1. The molecule has 0 unspecified atom stereocenters. The molecule has 128 valence electrons. The number of hydrogen-bond donors (Lipinski definition) is 1. The third kappa shape index (κ3) is 2.50. The van der Waals surface area contributed by atoms with E-state index in [1.54, 1.807) is 20.5 Å². The number of nitrogens with two attached hydrogens (primary N) is 1. The number of aromatic nitrogens is 1. The van der Waals surface area contributed by atoms with Crippen LogP contribution in [0.25, 0.3) is 22.4 Å². The lowest BCUT2D eigenvalue weighted by molar-refractivity contribution is -0.599. The van der Waals surface area contributed by atoms with Gasteiger partial charge in [-0.05, 0) is 35.0 Å². The van der Waals surface area contributed by atoms with Crippen LogP contribution in [0.4, 0.5) is 5.69 Å². The van der Waals surface area contributed by atoms with E-state index in [9.17, 15) is 0 Å². The van der Waals surface area contributed by atoms with E-state index in [0.29, 0.717) is 28.7 Å². The van der Waals surface area contributed by atoms with Crippen molar-refractivity contribution in [2.45, 2.75) is 0 Å². The highest BCUT2D eigenvalue weighted by atomic mass is 16.7. The lowest BCUT2D eigenvalue weighted by atomic mass is 10.0. The third-order valence-electron chi connectivity index (χ3n) is 4.09. The lowest BCUT2D eigenvalue weighted by Crippen LogP contribution is -2.01. The minimum Gasteiger partial charge on any atom is -0.495 e. The highest BCUT2D eigenvalue weighted by Crippen LogP contribution is 2.45. The minimum absolute atomic E-state index is 0.173. The molecule has 2 aromatic carbocycles. The fourth-order valence-electron chi connectivity index (χ4n) is 2.86. The summed E-state index contributed by atoms with van der Waals surface area (Å²) in [6.07, 6.45) is 1.63. The summed E-state index contributed by atoms with van der Waals surface area (Å²) in [6.45, 7) is 0.173. The van der Waals surface area contributed by atoms with Crippen LogP contribution in [-0.4, -0.2) is 21.0 Å². The molecule has 0 spiro atoms. The Bertz CT molecular complexity index is 935. The number of benzene rings is 2. The topological polar surface area (TPSA) is 90.2 Å². The summed E-state index contributed by atoms with van der Waals surface area (Å²) in [5.74, 6) is 2.46. The molecule has 0 saturated heterocycles. The van der Waals surface area contributed by atoms with Gasteiger partial charge in [-0.2, -0.15) is 0 Å². The van der Waals surface area contributed by atoms with E-state index in [0.717, 1.165) is 22.4 Å². The summed E-state index contributed by atoms with van der Waals surface area (Å²) in [6, 6.07) is 9.32. The molecule has 4 rings (SSSR count). The Labute approximate surface area is 143 Å². The molecule has 0 fully saturated rings. The number of nitrogen functional groups attached to an aromatic ring is 1. The molecule has 0 amide bonds. The molecule has 1 aromatic heterocycles. The average Bonchev–Trinajstić information content (AvgIpc) is 3.29. The molecule has 3 aromatic rings. The number of ether oxygens (including phenoxy) is 4. The van der Waals surface area contributed by atoms with Crippen molar-refractivity contribution in [1.29, 1.82) is 0 Å². The first-order valence-electron chi connectivity index (χ1n) is 7.62. The Hall–Kier alpha value is -3.35. The fraction of sp³-hybridized carbons (Fsp3) is 0.167. The maximum Gasteiger partial charge on any atom is 0.267 e. The number of aromatic amines is 1. The first-order chi connectivity index (χ1) is 12.2. The summed E-state index contributed by atoms with van der Waals surface area (Å²) in [4.78, 5) is 0. The van der Waals surface area contributed by atoms with Crippen LogP contribution in [0.1, 0.15) is 0 Å². The molecule has 1 aliphatic heterocycles. The number of nitrogens with one attached hydrogen (secondary N) is 1. The maximum atomic E-state index is 6.02. The van der Waals surface area contributed by atoms with Crippen LogP contribution in [0.3, 0.4) is 0 Å². The Kier molecular flexibility index (Phi) is 3.61. The fourth-order valence-corrected chi connectivity index (χ4v) is 2.86. The maximum absolute atomic E-state index is 6.02. The summed E-state index contributed by atoms with van der Waals surface area (Å²) < 4.78 is 26.9. The van der Waals surface area contributed by atoms with Crippen LogP contribution in [-0.2, 0) is 0 Å². The predicted molar refractivity (Wildman–Crippen MR) is 89.8 cm³/mol. The van der Waals surface area contributed by atoms with Gasteiger partial charge in [0.25, 0.3) is 5.69 Å². The number of methoxy groups -OCH3 is 2. The molecule has 3 N–H and O–H groups in total. The van der Waals surface area contributed by atoms with Crippen molar-refractivity contribution in [2.75, 3.05) is 26.7 Å². The quantitative estimate of drug-likeness (QED) is 0.734. The highest BCUT2D eigenvalue weighted by molar-refractivity contribution is 5.82. The molecule has 7 nitrogen and oxygen atoms in total. The Morgan fingerprint density at radius 2 is 1.84 bits per heavy atom. The number of H-pyrrole nitrogens is 1. The molecule has 0 saturated carbocycles. The zero-order valence-corrected chi connectivity index (χ0v) is 13.8. The second-order valence-electron chi connectivity index (χ2n) is 5.50. The number of hydrogen-bond acceptors (Lipinski definition) is 6. The molecular weight excluding hydrogens is 324 g/mol. The Morgan fingerprint density at radius 1 is 1.00 bits per heavy atom. The van der Waals surface area contributed by atoms with Gasteiger partial charge in [0.1, 0.15) is 11.3 Å². The van der Waals surface area contributed by atoms with E-state index in [-0.39, 0.29) is 6.79 Å². The van der Waals surface area contributed by atoms with E-state index in [2.05, 4.69) is 5.16 Å². The largest absolute Gasteiger partial charge is 0.495 e. The van der Waals surface area contributed by atoms with Crippen LogP contribution in [0, 0.1) is 0 Å². The van der Waals surface area contributed by atoms with Crippen molar-refractivity contribution in [3.8, 4) is 45.4 Å². The van der Waals surface area contributed by atoms with Crippen LogP contribution >= 0.6 is 0 Å². The SMILES string of the molecule is COc1ccc(-c2co[nH+]c2-c2cc(OC)c3c(c2)OCO3)cc1N. The van der Waals surface area contributed by atoms with Gasteiger partial charge in [0.2, 0.25) is 12.5 Å². The molecule has 0 aliphatic carbocycles.